The molecule has 11 heteroatoms. The number of benzene rings is 1. The Balaban J connectivity index is 0. The van der Waals surface area contributed by atoms with Gasteiger partial charge >= 0.3 is 57.1 Å². The van der Waals surface area contributed by atoms with Gasteiger partial charge in [0.1, 0.15) is 11.9 Å². The normalized spacial score (nSPS) is 8.06. The van der Waals surface area contributed by atoms with Gasteiger partial charge in [0.25, 0.3) is 0 Å². The van der Waals surface area contributed by atoms with Crippen LogP contribution in [0.1, 0.15) is 5.56 Å². The van der Waals surface area contributed by atoms with E-state index in [1.165, 1.54) is 6.07 Å². The molecule has 1 rings (SSSR count). The SMILES string of the molecule is N#Cc1cc([N+](=O)[O-])c(F)cc1F.O=[N+]([O-])[O-].[K+]. The molecule has 0 saturated carbocycles. The maximum absolute atomic E-state index is 12.6. The number of nitro benzene ring substituents is 1. The standard InChI is InChI=1S/C7H2F2N2O2.K.NO3/c8-5-2-6(9)7(11(12)13)1-4(5)3-10;;2-1(3)4/h1-2H;;/q;+1;-1. The Kier molecular flexibility index (Phi) is 9.40. The Morgan fingerprint density at radius 2 is 1.56 bits per heavy atom. The first-order valence-electron chi connectivity index (χ1n) is 3.64. The first-order chi connectivity index (χ1) is 7.79. The molecule has 0 fully saturated rings. The van der Waals surface area contributed by atoms with E-state index in [1.807, 2.05) is 0 Å². The Labute approximate surface area is 141 Å². The number of nitro groups is 1. The minimum absolute atomic E-state index is 0. The monoisotopic (exact) mass is 285 g/mol. The van der Waals surface area contributed by atoms with E-state index in [4.69, 9.17) is 20.6 Å². The fraction of sp³-hybridized carbons (Fsp3) is 0. The van der Waals surface area contributed by atoms with Crippen molar-refractivity contribution in [1.29, 1.82) is 5.26 Å². The van der Waals surface area contributed by atoms with Crippen LogP contribution in [0.3, 0.4) is 0 Å². The summed E-state index contributed by atoms with van der Waals surface area (Å²) in [6.45, 7) is 0. The van der Waals surface area contributed by atoms with Crippen molar-refractivity contribution < 1.29 is 70.2 Å². The molecule has 0 aliphatic rings. The van der Waals surface area contributed by atoms with Crippen molar-refractivity contribution >= 4 is 5.69 Å². The van der Waals surface area contributed by atoms with Crippen LogP contribution in [0.15, 0.2) is 12.1 Å². The molecule has 0 amide bonds. The van der Waals surface area contributed by atoms with Crippen molar-refractivity contribution in [3.63, 3.8) is 0 Å². The van der Waals surface area contributed by atoms with Crippen LogP contribution in [-0.2, 0) is 0 Å². The molecule has 0 spiro atoms. The smallest absolute Gasteiger partial charge is 0.356 e. The van der Waals surface area contributed by atoms with Crippen molar-refractivity contribution in [2.24, 2.45) is 0 Å². The summed E-state index contributed by atoms with van der Waals surface area (Å²) in [4.78, 5) is 17.4. The van der Waals surface area contributed by atoms with E-state index >= 15 is 0 Å². The van der Waals surface area contributed by atoms with Crippen LogP contribution in [-0.4, -0.2) is 10.0 Å². The molecule has 0 unspecified atom stereocenters. The summed E-state index contributed by atoms with van der Waals surface area (Å²) in [5.74, 6) is -2.40. The molecular formula is C7H2F2KN3O5. The molecule has 0 bridgehead atoms. The molecule has 90 valence electrons. The molecule has 1 aromatic carbocycles. The number of hydrogen-bond donors (Lipinski definition) is 0. The maximum Gasteiger partial charge on any atom is 1.00 e. The summed E-state index contributed by atoms with van der Waals surface area (Å²) in [6, 6.07) is 2.25. The van der Waals surface area contributed by atoms with Gasteiger partial charge in [0.2, 0.25) is 5.82 Å². The van der Waals surface area contributed by atoms with E-state index in [1.54, 1.807) is 0 Å². The maximum atomic E-state index is 12.6. The van der Waals surface area contributed by atoms with E-state index in [9.17, 15) is 18.9 Å². The van der Waals surface area contributed by atoms with Gasteiger partial charge in [0.05, 0.1) is 15.6 Å². The van der Waals surface area contributed by atoms with Crippen LogP contribution in [0.25, 0.3) is 0 Å². The van der Waals surface area contributed by atoms with E-state index in [0.717, 1.165) is 0 Å². The van der Waals surface area contributed by atoms with Crippen molar-refractivity contribution in [2.75, 3.05) is 0 Å². The number of nitriles is 1. The fourth-order valence-electron chi connectivity index (χ4n) is 0.763. The summed E-state index contributed by atoms with van der Waals surface area (Å²) in [5, 5.41) is 33.2. The van der Waals surface area contributed by atoms with Gasteiger partial charge in [-0.05, 0) is 0 Å². The van der Waals surface area contributed by atoms with Crippen molar-refractivity contribution in [3.8, 4) is 6.07 Å². The zero-order chi connectivity index (χ0) is 13.6. The van der Waals surface area contributed by atoms with Gasteiger partial charge in [-0.2, -0.15) is 9.65 Å². The molecule has 0 aromatic heterocycles. The minimum Gasteiger partial charge on any atom is -0.356 e. The van der Waals surface area contributed by atoms with Gasteiger partial charge in [0, 0.05) is 12.1 Å². The predicted octanol–water partition coefficient (Wildman–Crippen LogP) is -1.49. The number of rotatable bonds is 1. The number of nitrogens with zero attached hydrogens (tertiary/aromatic N) is 3. The summed E-state index contributed by atoms with van der Waals surface area (Å²) in [7, 11) is 0. The summed E-state index contributed by atoms with van der Waals surface area (Å²) >= 11 is 0. The minimum atomic E-state index is -1.75. The molecule has 0 aliphatic carbocycles. The van der Waals surface area contributed by atoms with E-state index in [-0.39, 0.29) is 51.4 Å². The van der Waals surface area contributed by atoms with Crippen LogP contribution in [0.2, 0.25) is 0 Å². The van der Waals surface area contributed by atoms with Crippen LogP contribution in [0.5, 0.6) is 0 Å². The third-order valence-corrected chi connectivity index (χ3v) is 1.35. The van der Waals surface area contributed by atoms with E-state index in [2.05, 4.69) is 0 Å². The third-order valence-electron chi connectivity index (χ3n) is 1.35. The van der Waals surface area contributed by atoms with Crippen LogP contribution < -0.4 is 51.4 Å². The number of hydrogen-bond acceptors (Lipinski definition) is 6. The first kappa shape index (κ1) is 19.2. The molecule has 0 saturated heterocycles. The predicted molar refractivity (Wildman–Crippen MR) is 48.1 cm³/mol. The second-order valence-electron chi connectivity index (χ2n) is 2.38. The average molecular weight is 285 g/mol. The van der Waals surface area contributed by atoms with E-state index < -0.39 is 32.9 Å². The molecule has 0 atom stereocenters. The molecule has 0 aliphatic heterocycles. The number of halogens is 2. The second kappa shape index (κ2) is 8.83. The Hall–Kier alpha value is -1.19. The summed E-state index contributed by atoms with van der Waals surface area (Å²) in [5.41, 5.74) is -1.45. The third kappa shape index (κ3) is 6.52. The molecule has 0 radical (unpaired) electrons. The largest absolute Gasteiger partial charge is 1.00 e. The molecule has 1 aromatic rings. The Morgan fingerprint density at radius 3 is 1.89 bits per heavy atom. The zero-order valence-corrected chi connectivity index (χ0v) is 11.9. The van der Waals surface area contributed by atoms with Crippen LogP contribution >= 0.6 is 0 Å². The molecule has 0 N–H and O–H groups in total. The van der Waals surface area contributed by atoms with Gasteiger partial charge in [-0.15, -0.1) is 0 Å². The van der Waals surface area contributed by atoms with Gasteiger partial charge in [-0.25, -0.2) is 4.39 Å². The molecular weight excluding hydrogens is 283 g/mol. The van der Waals surface area contributed by atoms with Crippen LogP contribution in [0.4, 0.5) is 14.5 Å². The van der Waals surface area contributed by atoms with Crippen LogP contribution in [0, 0.1) is 48.4 Å². The zero-order valence-electron chi connectivity index (χ0n) is 8.79. The van der Waals surface area contributed by atoms with Crippen molar-refractivity contribution in [1.82, 2.24) is 0 Å². The molecule has 0 heterocycles. The quantitative estimate of drug-likeness (QED) is 0.350. The average Bonchev–Trinajstić information content (AvgIpc) is 2.16. The Bertz CT molecular complexity index is 501. The first-order valence-corrected chi connectivity index (χ1v) is 3.64. The van der Waals surface area contributed by atoms with Crippen molar-refractivity contribution in [3.05, 3.63) is 54.8 Å². The van der Waals surface area contributed by atoms with Gasteiger partial charge < -0.3 is 15.3 Å². The van der Waals surface area contributed by atoms with E-state index in [0.29, 0.717) is 12.1 Å². The van der Waals surface area contributed by atoms with Crippen molar-refractivity contribution in [2.45, 2.75) is 0 Å². The van der Waals surface area contributed by atoms with Gasteiger partial charge in [-0.3, -0.25) is 10.1 Å². The van der Waals surface area contributed by atoms with Gasteiger partial charge in [-0.1, -0.05) is 0 Å². The summed E-state index contributed by atoms with van der Waals surface area (Å²) in [6.07, 6.45) is 0. The van der Waals surface area contributed by atoms with Gasteiger partial charge in [0.15, 0.2) is 0 Å². The fourth-order valence-corrected chi connectivity index (χ4v) is 0.763. The topological polar surface area (TPSA) is 133 Å². The second-order valence-corrected chi connectivity index (χ2v) is 2.38. The Morgan fingerprint density at radius 1 is 1.11 bits per heavy atom. The summed E-state index contributed by atoms with van der Waals surface area (Å²) < 4.78 is 25.2. The molecule has 8 nitrogen and oxygen atoms in total. The molecule has 18 heavy (non-hydrogen) atoms.